The Hall–Kier alpha value is -1.94. The molecule has 0 radical (unpaired) electrons. The molecule has 2 unspecified atom stereocenters. The Morgan fingerprint density at radius 1 is 0.290 bits per heavy atom. The summed E-state index contributed by atoms with van der Waals surface area (Å²) in [6.07, 6.45) is 53.0. The lowest BCUT2D eigenvalue weighted by Gasteiger charge is -2.21. The first kappa shape index (κ1) is 91.1. The number of rotatable bonds is 73. The normalized spacial score (nSPS) is 14.1. The van der Waals surface area contributed by atoms with E-state index in [1.807, 2.05) is 0 Å². The summed E-state index contributed by atoms with van der Waals surface area (Å²) in [4.78, 5) is 72.5. The fourth-order valence-corrected chi connectivity index (χ4v) is 12.9. The number of esters is 4. The molecule has 0 aliphatic heterocycles. The van der Waals surface area contributed by atoms with Crippen molar-refractivity contribution in [1.29, 1.82) is 0 Å². The topological polar surface area (TPSA) is 237 Å². The molecule has 0 saturated heterocycles. The van der Waals surface area contributed by atoms with Gasteiger partial charge in [0.15, 0.2) is 12.2 Å². The summed E-state index contributed by atoms with van der Waals surface area (Å²) in [6, 6.07) is 0. The highest BCUT2D eigenvalue weighted by molar-refractivity contribution is 7.47. The summed E-state index contributed by atoms with van der Waals surface area (Å²) in [7, 11) is -9.90. The second-order valence-electron chi connectivity index (χ2n) is 27.6. The summed E-state index contributed by atoms with van der Waals surface area (Å²) in [5, 5.41) is 10.6. The largest absolute Gasteiger partial charge is 0.472 e. The van der Waals surface area contributed by atoms with Gasteiger partial charge in [-0.3, -0.25) is 37.3 Å². The summed E-state index contributed by atoms with van der Waals surface area (Å²) in [6.45, 7) is 9.53. The minimum absolute atomic E-state index is 0.104. The molecule has 0 bridgehead atoms. The molecule has 552 valence electrons. The molecular formula is C74H144O17P2. The van der Waals surface area contributed by atoms with Crippen LogP contribution in [0, 0.1) is 11.8 Å². The molecule has 0 aromatic carbocycles. The van der Waals surface area contributed by atoms with Crippen LogP contribution in [0.3, 0.4) is 0 Å². The van der Waals surface area contributed by atoms with Gasteiger partial charge in [0, 0.05) is 25.7 Å². The maximum Gasteiger partial charge on any atom is 0.472 e. The molecule has 0 aromatic rings. The van der Waals surface area contributed by atoms with Gasteiger partial charge in [0.05, 0.1) is 26.4 Å². The Morgan fingerprint density at radius 2 is 0.495 bits per heavy atom. The van der Waals surface area contributed by atoms with Gasteiger partial charge >= 0.3 is 39.5 Å². The number of aliphatic hydroxyl groups is 1. The Morgan fingerprint density at radius 3 is 0.731 bits per heavy atom. The van der Waals surface area contributed by atoms with Crippen LogP contribution in [-0.2, 0) is 65.4 Å². The van der Waals surface area contributed by atoms with E-state index in [2.05, 4.69) is 41.5 Å². The van der Waals surface area contributed by atoms with E-state index in [4.69, 9.17) is 37.0 Å². The van der Waals surface area contributed by atoms with Gasteiger partial charge in [-0.15, -0.1) is 0 Å². The van der Waals surface area contributed by atoms with E-state index < -0.39 is 97.5 Å². The summed E-state index contributed by atoms with van der Waals surface area (Å²) >= 11 is 0. The van der Waals surface area contributed by atoms with Crippen molar-refractivity contribution in [3.05, 3.63) is 0 Å². The van der Waals surface area contributed by atoms with E-state index in [9.17, 15) is 43.2 Å². The quantitative estimate of drug-likeness (QED) is 0.0222. The van der Waals surface area contributed by atoms with Gasteiger partial charge in [0.2, 0.25) is 0 Å². The maximum absolute atomic E-state index is 13.1. The van der Waals surface area contributed by atoms with Crippen LogP contribution in [0.4, 0.5) is 0 Å². The van der Waals surface area contributed by atoms with Crippen molar-refractivity contribution in [3.8, 4) is 0 Å². The van der Waals surface area contributed by atoms with Crippen molar-refractivity contribution in [3.63, 3.8) is 0 Å². The molecule has 0 heterocycles. The SMILES string of the molecule is CCCCCCCCCCCCCCCCC(=O)OC[C@H](COP(=O)(O)OC[C@@H](O)COP(=O)(O)OC[C@@H](COC(=O)CCCCCCCCC)OC(=O)CCCCCCCCCCC(C)C)OC(=O)CCCCCCCCCCCCCCCCCCCCC(C)C. The van der Waals surface area contributed by atoms with Gasteiger partial charge in [-0.2, -0.15) is 0 Å². The molecule has 93 heavy (non-hydrogen) atoms. The second kappa shape index (κ2) is 66.0. The van der Waals surface area contributed by atoms with E-state index in [-0.39, 0.29) is 25.7 Å². The smallest absolute Gasteiger partial charge is 0.462 e. The number of carbonyl (C=O) groups is 4. The highest BCUT2D eigenvalue weighted by atomic mass is 31.2. The van der Waals surface area contributed by atoms with Crippen LogP contribution >= 0.6 is 15.6 Å². The van der Waals surface area contributed by atoms with Crippen LogP contribution in [-0.4, -0.2) is 96.7 Å². The van der Waals surface area contributed by atoms with Gasteiger partial charge in [0.25, 0.3) is 0 Å². The van der Waals surface area contributed by atoms with E-state index in [0.717, 1.165) is 115 Å². The fraction of sp³-hybridized carbons (Fsp3) is 0.946. The van der Waals surface area contributed by atoms with Gasteiger partial charge < -0.3 is 33.8 Å². The van der Waals surface area contributed by atoms with Crippen molar-refractivity contribution in [2.24, 2.45) is 11.8 Å². The average molecular weight is 1370 g/mol. The predicted octanol–water partition coefficient (Wildman–Crippen LogP) is 21.6. The number of ether oxygens (including phenoxy) is 4. The molecular weight excluding hydrogens is 1220 g/mol. The molecule has 3 N–H and O–H groups in total. The third kappa shape index (κ3) is 68.4. The molecule has 5 atom stereocenters. The highest BCUT2D eigenvalue weighted by Crippen LogP contribution is 2.45. The van der Waals surface area contributed by atoms with Gasteiger partial charge in [0.1, 0.15) is 19.3 Å². The van der Waals surface area contributed by atoms with Crippen molar-refractivity contribution in [2.75, 3.05) is 39.6 Å². The van der Waals surface area contributed by atoms with Crippen LogP contribution < -0.4 is 0 Å². The monoisotopic (exact) mass is 1370 g/mol. The minimum Gasteiger partial charge on any atom is -0.462 e. The number of hydrogen-bond donors (Lipinski definition) is 3. The third-order valence-electron chi connectivity index (χ3n) is 17.2. The van der Waals surface area contributed by atoms with E-state index in [1.54, 1.807) is 0 Å². The van der Waals surface area contributed by atoms with Crippen LogP contribution in [0.2, 0.25) is 0 Å². The van der Waals surface area contributed by atoms with E-state index in [1.165, 1.54) is 186 Å². The number of phosphoric acid groups is 2. The van der Waals surface area contributed by atoms with E-state index in [0.29, 0.717) is 25.7 Å². The molecule has 0 rings (SSSR count). The first-order chi connectivity index (χ1) is 44.9. The molecule has 0 aliphatic rings. The van der Waals surface area contributed by atoms with E-state index >= 15 is 0 Å². The van der Waals surface area contributed by atoms with Crippen molar-refractivity contribution in [1.82, 2.24) is 0 Å². The van der Waals surface area contributed by atoms with Crippen LogP contribution in [0.1, 0.15) is 382 Å². The fourth-order valence-electron chi connectivity index (χ4n) is 11.3. The number of phosphoric ester groups is 2. The molecule has 0 aromatic heterocycles. The number of carbonyl (C=O) groups excluding carboxylic acids is 4. The van der Waals surface area contributed by atoms with Crippen molar-refractivity contribution in [2.45, 2.75) is 400 Å². The zero-order chi connectivity index (χ0) is 68.6. The summed E-state index contributed by atoms with van der Waals surface area (Å²) < 4.78 is 68.3. The Labute approximate surface area is 568 Å². The lowest BCUT2D eigenvalue weighted by molar-refractivity contribution is -0.161. The van der Waals surface area contributed by atoms with Gasteiger partial charge in [-0.25, -0.2) is 9.13 Å². The molecule has 0 spiro atoms. The summed E-state index contributed by atoms with van der Waals surface area (Å²) in [5.41, 5.74) is 0. The molecule has 0 aliphatic carbocycles. The van der Waals surface area contributed by atoms with Crippen LogP contribution in [0.25, 0.3) is 0 Å². The number of aliphatic hydroxyl groups excluding tert-OH is 1. The Balaban J connectivity index is 5.16. The zero-order valence-corrected chi connectivity index (χ0v) is 62.3. The summed E-state index contributed by atoms with van der Waals surface area (Å²) in [5.74, 6) is -0.585. The molecule has 19 heteroatoms. The first-order valence-electron chi connectivity index (χ1n) is 38.5. The number of unbranched alkanes of at least 4 members (excludes halogenated alkanes) is 43. The van der Waals surface area contributed by atoms with Crippen LogP contribution in [0.5, 0.6) is 0 Å². The standard InChI is InChI=1S/C74H144O17P2/c1-7-9-11-13-15-16-17-18-26-29-32-39-45-51-57-72(77)85-63-70(90-73(78)58-52-46-40-33-30-27-24-22-20-19-21-23-25-28-31-37-42-48-54-66(3)4)65-89-93(82,83)87-61-68(75)60-86-92(80,81)88-64-69(62-84-71(76)56-50-44-36-14-12-10-8-2)91-74(79)59-53-47-41-35-34-38-43-49-55-67(5)6/h66-70,75H,7-65H2,1-6H3,(H,80,81)(H,82,83)/t68-,69+,70+/m0/s1. The molecule has 0 amide bonds. The Kier molecular flexibility index (Phi) is 64.6. The van der Waals surface area contributed by atoms with Gasteiger partial charge in [-0.05, 0) is 37.5 Å². The Bertz CT molecular complexity index is 1800. The minimum atomic E-state index is -4.95. The predicted molar refractivity (Wildman–Crippen MR) is 377 cm³/mol. The first-order valence-corrected chi connectivity index (χ1v) is 41.5. The molecule has 17 nitrogen and oxygen atoms in total. The molecule has 0 fully saturated rings. The highest BCUT2D eigenvalue weighted by Gasteiger charge is 2.30. The van der Waals surface area contributed by atoms with Crippen molar-refractivity contribution >= 4 is 39.5 Å². The van der Waals surface area contributed by atoms with Crippen molar-refractivity contribution < 1.29 is 80.2 Å². The molecule has 0 saturated carbocycles. The lowest BCUT2D eigenvalue weighted by atomic mass is 10.0. The van der Waals surface area contributed by atoms with Gasteiger partial charge in [-0.1, -0.05) is 330 Å². The third-order valence-corrected chi connectivity index (χ3v) is 19.1. The number of hydrogen-bond acceptors (Lipinski definition) is 15. The zero-order valence-electron chi connectivity index (χ0n) is 60.6. The maximum atomic E-state index is 13.1. The second-order valence-corrected chi connectivity index (χ2v) is 30.5. The lowest BCUT2D eigenvalue weighted by Crippen LogP contribution is -2.30. The van der Waals surface area contributed by atoms with Crippen LogP contribution in [0.15, 0.2) is 0 Å². The average Bonchev–Trinajstić information content (AvgIpc) is 2.82.